The first kappa shape index (κ1) is 19.0. The van der Waals surface area contributed by atoms with E-state index in [2.05, 4.69) is 10.3 Å². The Labute approximate surface area is 159 Å². The van der Waals surface area contributed by atoms with Gasteiger partial charge in [-0.05, 0) is 45.0 Å². The van der Waals surface area contributed by atoms with Crippen molar-refractivity contribution >= 4 is 22.9 Å². The number of rotatable bonds is 5. The summed E-state index contributed by atoms with van der Waals surface area (Å²) in [6.45, 7) is 5.41. The number of aromatic nitrogens is 1. The van der Waals surface area contributed by atoms with Crippen molar-refractivity contribution in [3.05, 3.63) is 64.7 Å². The molecule has 0 aliphatic carbocycles. The quantitative estimate of drug-likeness (QED) is 0.633. The van der Waals surface area contributed by atoms with E-state index in [1.807, 2.05) is 19.9 Å². The Kier molecular flexibility index (Phi) is 5.51. The van der Waals surface area contributed by atoms with Crippen LogP contribution in [0.3, 0.4) is 0 Å². The predicted octanol–water partition coefficient (Wildman–Crippen LogP) is 5.44. The first-order valence-electron chi connectivity index (χ1n) is 8.35. The third-order valence-electron chi connectivity index (χ3n) is 3.68. The van der Waals surface area contributed by atoms with E-state index in [0.29, 0.717) is 17.1 Å². The summed E-state index contributed by atoms with van der Waals surface area (Å²) in [5.41, 5.74) is 0.688. The molecule has 27 heavy (non-hydrogen) atoms. The van der Waals surface area contributed by atoms with Crippen molar-refractivity contribution < 1.29 is 18.3 Å². The lowest BCUT2D eigenvalue weighted by atomic mass is 10.2. The van der Waals surface area contributed by atoms with Gasteiger partial charge < -0.3 is 10.1 Å². The van der Waals surface area contributed by atoms with Crippen molar-refractivity contribution in [2.24, 2.45) is 0 Å². The number of halogens is 2. The number of hydrogen-bond acceptors (Lipinski definition) is 4. The van der Waals surface area contributed by atoms with Crippen LogP contribution >= 0.6 is 11.3 Å². The summed E-state index contributed by atoms with van der Waals surface area (Å²) < 4.78 is 33.7. The molecule has 3 aromatic rings. The predicted molar refractivity (Wildman–Crippen MR) is 102 cm³/mol. The number of hydrogen-bond donors (Lipinski definition) is 1. The molecule has 0 aliphatic rings. The minimum atomic E-state index is -0.716. The molecule has 2 aromatic carbocycles. The first-order valence-corrected chi connectivity index (χ1v) is 9.17. The zero-order valence-corrected chi connectivity index (χ0v) is 15.9. The molecular weight excluding hydrogens is 370 g/mol. The number of para-hydroxylation sites is 2. The summed E-state index contributed by atoms with van der Waals surface area (Å²) >= 11 is 0.944. The number of nitrogens with one attached hydrogen (secondary N) is 1. The van der Waals surface area contributed by atoms with Gasteiger partial charge in [0, 0.05) is 0 Å². The van der Waals surface area contributed by atoms with E-state index in [9.17, 15) is 13.6 Å². The van der Waals surface area contributed by atoms with Gasteiger partial charge >= 0.3 is 0 Å². The third kappa shape index (κ3) is 4.14. The van der Waals surface area contributed by atoms with Gasteiger partial charge in [-0.1, -0.05) is 18.2 Å². The van der Waals surface area contributed by atoms with Crippen LogP contribution in [0.4, 0.5) is 14.5 Å². The van der Waals surface area contributed by atoms with Crippen LogP contribution in [-0.4, -0.2) is 17.0 Å². The molecule has 1 N–H and O–H groups in total. The van der Waals surface area contributed by atoms with Crippen molar-refractivity contribution in [1.82, 2.24) is 4.98 Å². The molecule has 0 atom stereocenters. The maximum atomic E-state index is 14.0. The van der Waals surface area contributed by atoms with Gasteiger partial charge in [-0.3, -0.25) is 4.79 Å². The number of thiazole rings is 1. The second-order valence-corrected chi connectivity index (χ2v) is 7.15. The maximum absolute atomic E-state index is 14.0. The zero-order chi connectivity index (χ0) is 19.6. The van der Waals surface area contributed by atoms with Crippen molar-refractivity contribution in [3.8, 4) is 16.3 Å². The molecule has 4 nitrogen and oxygen atoms in total. The van der Waals surface area contributed by atoms with E-state index < -0.39 is 17.5 Å². The maximum Gasteiger partial charge on any atom is 0.267 e. The minimum Gasteiger partial charge on any atom is -0.489 e. The third-order valence-corrected chi connectivity index (χ3v) is 4.85. The highest BCUT2D eigenvalue weighted by atomic mass is 32.1. The molecule has 0 saturated carbocycles. The molecule has 3 rings (SSSR count). The molecule has 140 valence electrons. The highest BCUT2D eigenvalue weighted by Crippen LogP contribution is 2.33. The van der Waals surface area contributed by atoms with Crippen LogP contribution in [0.1, 0.15) is 29.2 Å². The standard InChI is InChI=1S/C20H18F2N2O2S/c1-11(2)26-16-10-5-4-9-15(16)24-19(25)18-12(3)23-20(27-18)17-13(21)7-6-8-14(17)22/h4-11H,1-3H3,(H,24,25). The Balaban J connectivity index is 1.90. The molecule has 1 amide bonds. The van der Waals surface area contributed by atoms with Crippen LogP contribution in [0, 0.1) is 18.6 Å². The highest BCUT2D eigenvalue weighted by Gasteiger charge is 2.21. The first-order chi connectivity index (χ1) is 12.9. The molecule has 0 bridgehead atoms. The van der Waals surface area contributed by atoms with E-state index in [4.69, 9.17) is 4.74 Å². The molecule has 0 saturated heterocycles. The Morgan fingerprint density at radius 2 is 1.78 bits per heavy atom. The molecule has 0 fully saturated rings. The molecule has 0 radical (unpaired) electrons. The van der Waals surface area contributed by atoms with Crippen LogP contribution < -0.4 is 10.1 Å². The molecule has 1 aromatic heterocycles. The lowest BCUT2D eigenvalue weighted by molar-refractivity contribution is 0.102. The normalized spacial score (nSPS) is 10.9. The topological polar surface area (TPSA) is 51.2 Å². The van der Waals surface area contributed by atoms with Gasteiger partial charge in [0.15, 0.2) is 0 Å². The van der Waals surface area contributed by atoms with Gasteiger partial charge in [0.2, 0.25) is 0 Å². The Bertz CT molecular complexity index is 966. The van der Waals surface area contributed by atoms with Crippen molar-refractivity contribution in [1.29, 1.82) is 0 Å². The lowest BCUT2D eigenvalue weighted by Gasteiger charge is -2.14. The average Bonchev–Trinajstić information content (AvgIpc) is 2.97. The summed E-state index contributed by atoms with van der Waals surface area (Å²) in [7, 11) is 0. The molecule has 0 aliphatic heterocycles. The molecule has 0 unspecified atom stereocenters. The number of anilines is 1. The number of nitrogens with zero attached hydrogens (tertiary/aromatic N) is 1. The van der Waals surface area contributed by atoms with Crippen molar-refractivity contribution in [2.45, 2.75) is 26.9 Å². The molecule has 0 spiro atoms. The number of carbonyl (C=O) groups is 1. The SMILES string of the molecule is Cc1nc(-c2c(F)cccc2F)sc1C(=O)Nc1ccccc1OC(C)C. The van der Waals surface area contributed by atoms with Gasteiger partial charge in [-0.15, -0.1) is 11.3 Å². The average molecular weight is 388 g/mol. The Morgan fingerprint density at radius 1 is 1.11 bits per heavy atom. The Hall–Kier alpha value is -2.80. The summed E-state index contributed by atoms with van der Waals surface area (Å²) in [4.78, 5) is 17.2. The highest BCUT2D eigenvalue weighted by molar-refractivity contribution is 7.17. The van der Waals surface area contributed by atoms with Gasteiger partial charge in [0.1, 0.15) is 27.3 Å². The smallest absolute Gasteiger partial charge is 0.267 e. The van der Waals surface area contributed by atoms with E-state index in [0.717, 1.165) is 23.5 Å². The number of ether oxygens (including phenoxy) is 1. The number of aryl methyl sites for hydroxylation is 1. The minimum absolute atomic E-state index is 0.0520. The fourth-order valence-corrected chi connectivity index (χ4v) is 3.53. The van der Waals surface area contributed by atoms with Gasteiger partial charge in [0.25, 0.3) is 5.91 Å². The van der Waals surface area contributed by atoms with E-state index in [1.165, 1.54) is 6.07 Å². The second kappa shape index (κ2) is 7.84. The summed E-state index contributed by atoms with van der Waals surface area (Å²) in [6, 6.07) is 10.7. The van der Waals surface area contributed by atoms with Crippen LogP contribution in [0.2, 0.25) is 0 Å². The van der Waals surface area contributed by atoms with E-state index >= 15 is 0 Å². The second-order valence-electron chi connectivity index (χ2n) is 6.15. The fraction of sp³-hybridized carbons (Fsp3) is 0.200. The molecular formula is C20H18F2N2O2S. The summed E-state index contributed by atoms with van der Waals surface area (Å²) in [6.07, 6.45) is -0.0520. The number of amides is 1. The van der Waals surface area contributed by atoms with Crippen LogP contribution in [0.15, 0.2) is 42.5 Å². The number of carbonyl (C=O) groups excluding carboxylic acids is 1. The van der Waals surface area contributed by atoms with Crippen molar-refractivity contribution in [2.75, 3.05) is 5.32 Å². The van der Waals surface area contributed by atoms with Gasteiger partial charge in [-0.25, -0.2) is 13.8 Å². The van der Waals surface area contributed by atoms with Crippen molar-refractivity contribution in [3.63, 3.8) is 0 Å². The van der Waals surface area contributed by atoms with E-state index in [-0.39, 0.29) is 21.6 Å². The molecule has 1 heterocycles. The zero-order valence-electron chi connectivity index (χ0n) is 15.0. The monoisotopic (exact) mass is 388 g/mol. The summed E-state index contributed by atoms with van der Waals surface area (Å²) in [5.74, 6) is -1.30. The van der Waals surface area contributed by atoms with Gasteiger partial charge in [-0.2, -0.15) is 0 Å². The summed E-state index contributed by atoms with van der Waals surface area (Å²) in [5, 5.41) is 2.91. The lowest BCUT2D eigenvalue weighted by Crippen LogP contribution is -2.14. The molecule has 7 heteroatoms. The van der Waals surface area contributed by atoms with Crippen LogP contribution in [0.25, 0.3) is 10.6 Å². The fourth-order valence-electron chi connectivity index (χ4n) is 2.52. The largest absolute Gasteiger partial charge is 0.489 e. The Morgan fingerprint density at radius 3 is 2.44 bits per heavy atom. The van der Waals surface area contributed by atoms with E-state index in [1.54, 1.807) is 25.1 Å². The van der Waals surface area contributed by atoms with Crippen LogP contribution in [-0.2, 0) is 0 Å². The van der Waals surface area contributed by atoms with Crippen LogP contribution in [0.5, 0.6) is 5.75 Å². The van der Waals surface area contributed by atoms with Gasteiger partial charge in [0.05, 0.1) is 23.0 Å². The number of benzene rings is 2.